The molecule has 1 saturated heterocycles. The Kier molecular flexibility index (Phi) is 9.26. The van der Waals surface area contributed by atoms with Crippen LogP contribution in [-0.2, 0) is 20.8 Å². The summed E-state index contributed by atoms with van der Waals surface area (Å²) in [6.07, 6.45) is 6.26. The zero-order valence-corrected chi connectivity index (χ0v) is 19.1. The van der Waals surface area contributed by atoms with E-state index in [1.54, 1.807) is 6.07 Å². The number of nitrogens with one attached hydrogen (secondary N) is 2. The third-order valence-corrected chi connectivity index (χ3v) is 5.68. The number of aryl methyl sites for hydroxylation is 1. The lowest BCUT2D eigenvalue weighted by atomic mass is 10.1. The van der Waals surface area contributed by atoms with E-state index in [0.717, 1.165) is 53.5 Å². The fourth-order valence-electron chi connectivity index (χ4n) is 3.82. The number of aromatic nitrogens is 1. The highest BCUT2D eigenvalue weighted by molar-refractivity contribution is 6.05. The molecule has 0 spiro atoms. The second-order valence-electron chi connectivity index (χ2n) is 8.34. The largest absolute Gasteiger partial charge is 0.481 e. The van der Waals surface area contributed by atoms with Crippen molar-refractivity contribution >= 4 is 28.8 Å². The van der Waals surface area contributed by atoms with E-state index in [1.807, 2.05) is 18.2 Å². The van der Waals surface area contributed by atoms with Crippen molar-refractivity contribution in [3.63, 3.8) is 0 Å². The Morgan fingerprint density at radius 1 is 1.21 bits per heavy atom. The number of imide groups is 1. The van der Waals surface area contributed by atoms with Crippen LogP contribution in [0.1, 0.15) is 74.3 Å². The quantitative estimate of drug-likeness (QED) is 0.339. The van der Waals surface area contributed by atoms with Gasteiger partial charge in [-0.1, -0.05) is 32.3 Å². The molecule has 2 aromatic rings. The summed E-state index contributed by atoms with van der Waals surface area (Å²) < 4.78 is 5.47. The van der Waals surface area contributed by atoms with Gasteiger partial charge in [0.2, 0.25) is 0 Å². The van der Waals surface area contributed by atoms with E-state index in [0.29, 0.717) is 31.6 Å². The zero-order valence-electron chi connectivity index (χ0n) is 19.1. The Morgan fingerprint density at radius 2 is 2.06 bits per heavy atom. The fourth-order valence-corrected chi connectivity index (χ4v) is 3.82. The molecule has 1 aromatic carbocycles. The first kappa shape index (κ1) is 24.7. The fraction of sp³-hybridized carbons (Fsp3) is 0.542. The topological polar surface area (TPSA) is 121 Å². The molecule has 1 atom stereocenters. The van der Waals surface area contributed by atoms with Crippen LogP contribution in [-0.4, -0.2) is 52.3 Å². The van der Waals surface area contributed by atoms with Gasteiger partial charge in [-0.2, -0.15) is 0 Å². The van der Waals surface area contributed by atoms with Crippen molar-refractivity contribution in [3.8, 4) is 0 Å². The molecule has 1 aromatic heterocycles. The van der Waals surface area contributed by atoms with E-state index in [4.69, 9.17) is 14.7 Å². The van der Waals surface area contributed by atoms with Gasteiger partial charge in [-0.3, -0.25) is 14.5 Å². The van der Waals surface area contributed by atoms with Gasteiger partial charge in [-0.25, -0.2) is 15.1 Å². The number of H-pyrrole nitrogens is 1. The third-order valence-electron chi connectivity index (χ3n) is 5.68. The van der Waals surface area contributed by atoms with Crippen LogP contribution in [0.3, 0.4) is 0 Å². The first-order valence-electron chi connectivity index (χ1n) is 11.7. The first-order chi connectivity index (χ1) is 16.0. The summed E-state index contributed by atoms with van der Waals surface area (Å²) >= 11 is 0. The minimum Gasteiger partial charge on any atom is -0.481 e. The van der Waals surface area contributed by atoms with Crippen molar-refractivity contribution < 1.29 is 29.1 Å². The number of hydrogen-bond acceptors (Lipinski definition) is 5. The molecule has 1 unspecified atom stereocenters. The average molecular weight is 460 g/mol. The van der Waals surface area contributed by atoms with Crippen molar-refractivity contribution in [1.82, 2.24) is 15.4 Å². The Morgan fingerprint density at radius 3 is 2.79 bits per heavy atom. The highest BCUT2D eigenvalue weighted by atomic mass is 16.8. The highest BCUT2D eigenvalue weighted by Crippen LogP contribution is 2.20. The number of carboxylic acids is 1. The van der Waals surface area contributed by atoms with E-state index in [1.165, 1.54) is 0 Å². The molecule has 0 aliphatic carbocycles. The van der Waals surface area contributed by atoms with E-state index in [9.17, 15) is 14.4 Å². The SMILES string of the molecule is CCCCCCN(C(=O)NOC1CCCCO1)C(=O)c1cc2cc(CCC(=O)O)ccc2[nH]1. The number of benzene rings is 1. The molecule has 0 radical (unpaired) electrons. The molecule has 180 valence electrons. The number of amides is 3. The van der Waals surface area contributed by atoms with Crippen molar-refractivity contribution in [2.24, 2.45) is 0 Å². The van der Waals surface area contributed by atoms with Crippen LogP contribution in [0.25, 0.3) is 10.9 Å². The lowest BCUT2D eigenvalue weighted by molar-refractivity contribution is -0.187. The number of ether oxygens (including phenoxy) is 1. The number of fused-ring (bicyclic) bond motifs is 1. The summed E-state index contributed by atoms with van der Waals surface area (Å²) in [5, 5.41) is 9.69. The van der Waals surface area contributed by atoms with E-state index < -0.39 is 24.2 Å². The normalized spacial score (nSPS) is 16.0. The van der Waals surface area contributed by atoms with E-state index >= 15 is 0 Å². The van der Waals surface area contributed by atoms with Gasteiger partial charge in [0.05, 0.1) is 0 Å². The standard InChI is InChI=1S/C24H33N3O6/c1-2-3-4-6-13-27(24(31)26-33-22-8-5-7-14-32-22)23(30)20-16-18-15-17(10-12-21(28)29)9-11-19(18)25-20/h9,11,15-16,22,25H,2-8,10,12-14H2,1H3,(H,26,31)(H,28,29). The molecule has 9 nitrogen and oxygen atoms in total. The maximum absolute atomic E-state index is 13.2. The Labute approximate surface area is 193 Å². The van der Waals surface area contributed by atoms with Gasteiger partial charge in [-0.15, -0.1) is 0 Å². The van der Waals surface area contributed by atoms with Crippen LogP contribution in [0.5, 0.6) is 0 Å². The molecule has 3 N–H and O–H groups in total. The van der Waals surface area contributed by atoms with Crippen LogP contribution in [0.4, 0.5) is 4.79 Å². The lowest BCUT2D eigenvalue weighted by Crippen LogP contribution is -2.46. The van der Waals surface area contributed by atoms with Gasteiger partial charge in [0, 0.05) is 36.9 Å². The molecule has 3 rings (SSSR count). The number of aliphatic carboxylic acids is 1. The smallest absolute Gasteiger partial charge is 0.348 e. The molecule has 1 fully saturated rings. The van der Waals surface area contributed by atoms with Gasteiger partial charge >= 0.3 is 12.0 Å². The van der Waals surface area contributed by atoms with Crippen LogP contribution in [0.15, 0.2) is 24.3 Å². The van der Waals surface area contributed by atoms with Crippen molar-refractivity contribution in [2.45, 2.75) is 71.0 Å². The van der Waals surface area contributed by atoms with Crippen molar-refractivity contribution in [2.75, 3.05) is 13.2 Å². The minimum atomic E-state index is -0.856. The van der Waals surface area contributed by atoms with Crippen molar-refractivity contribution in [3.05, 3.63) is 35.5 Å². The van der Waals surface area contributed by atoms with Gasteiger partial charge in [0.15, 0.2) is 6.29 Å². The minimum absolute atomic E-state index is 0.0398. The van der Waals surface area contributed by atoms with Gasteiger partial charge in [-0.05, 0) is 49.4 Å². The summed E-state index contributed by atoms with van der Waals surface area (Å²) in [5.74, 6) is -1.30. The number of unbranched alkanes of at least 4 members (excludes halogenated alkanes) is 3. The van der Waals surface area contributed by atoms with Gasteiger partial charge < -0.3 is 14.8 Å². The molecule has 3 amide bonds. The predicted molar refractivity (Wildman–Crippen MR) is 123 cm³/mol. The van der Waals surface area contributed by atoms with Crippen LogP contribution in [0.2, 0.25) is 0 Å². The molecule has 1 aliphatic rings. The van der Waals surface area contributed by atoms with Crippen LogP contribution in [0, 0.1) is 0 Å². The molecule has 0 bridgehead atoms. The second kappa shape index (κ2) is 12.4. The average Bonchev–Trinajstić information content (AvgIpc) is 3.25. The van der Waals surface area contributed by atoms with Crippen LogP contribution >= 0.6 is 0 Å². The molecular weight excluding hydrogens is 426 g/mol. The number of carbonyl (C=O) groups is 3. The number of aromatic amines is 1. The highest BCUT2D eigenvalue weighted by Gasteiger charge is 2.26. The first-order valence-corrected chi connectivity index (χ1v) is 11.7. The summed E-state index contributed by atoms with van der Waals surface area (Å²) in [7, 11) is 0. The number of nitrogens with zero attached hydrogens (tertiary/aromatic N) is 1. The Balaban J connectivity index is 1.70. The number of hydroxylamine groups is 1. The Hall–Kier alpha value is -2.91. The van der Waals surface area contributed by atoms with Crippen molar-refractivity contribution in [1.29, 1.82) is 0 Å². The molecule has 1 aliphatic heterocycles. The molecular formula is C24H33N3O6. The van der Waals surface area contributed by atoms with Gasteiger partial charge in [0.1, 0.15) is 5.69 Å². The zero-order chi connectivity index (χ0) is 23.6. The number of urea groups is 1. The van der Waals surface area contributed by atoms with Crippen LogP contribution < -0.4 is 5.48 Å². The number of carbonyl (C=O) groups excluding carboxylic acids is 2. The summed E-state index contributed by atoms with van der Waals surface area (Å²) in [6.45, 7) is 2.96. The molecule has 33 heavy (non-hydrogen) atoms. The van der Waals surface area contributed by atoms with E-state index in [2.05, 4.69) is 17.4 Å². The number of rotatable bonds is 11. The summed E-state index contributed by atoms with van der Waals surface area (Å²) in [4.78, 5) is 46.5. The maximum atomic E-state index is 13.2. The third kappa shape index (κ3) is 7.30. The molecule has 2 heterocycles. The summed E-state index contributed by atoms with van der Waals surface area (Å²) in [5.41, 5.74) is 4.30. The molecule has 0 saturated carbocycles. The summed E-state index contributed by atoms with van der Waals surface area (Å²) in [6, 6.07) is 6.59. The Bertz CT molecular complexity index is 951. The maximum Gasteiger partial charge on any atom is 0.348 e. The molecule has 9 heteroatoms. The number of carboxylic acid groups (broad SMARTS) is 1. The second-order valence-corrected chi connectivity index (χ2v) is 8.34. The van der Waals surface area contributed by atoms with Gasteiger partial charge in [0.25, 0.3) is 5.91 Å². The predicted octanol–water partition coefficient (Wildman–Crippen LogP) is 4.38. The number of hydrogen-bond donors (Lipinski definition) is 3. The lowest BCUT2D eigenvalue weighted by Gasteiger charge is -2.25. The monoisotopic (exact) mass is 459 g/mol. The van der Waals surface area contributed by atoms with E-state index in [-0.39, 0.29) is 13.0 Å².